The van der Waals surface area contributed by atoms with Crippen LogP contribution in [0.1, 0.15) is 90.4 Å². The zero-order valence-electron chi connectivity index (χ0n) is 12.4. The molecule has 1 rings (SSSR count). The molecule has 0 heterocycles. The molecular weight excluding hydrogens is 240 g/mol. The molecule has 1 aliphatic rings. The maximum Gasteiger partial charge on any atom is 0.0254 e. The molecule has 0 radical (unpaired) electrons. The fourth-order valence-electron chi connectivity index (χ4n) is 3.41. The van der Waals surface area contributed by atoms with Crippen LogP contribution in [-0.4, -0.2) is 5.88 Å². The Morgan fingerprint density at radius 1 is 0.889 bits per heavy atom. The molecule has 1 atom stereocenters. The van der Waals surface area contributed by atoms with E-state index in [1.54, 1.807) is 0 Å². The number of alkyl halides is 1. The van der Waals surface area contributed by atoms with Crippen LogP contribution in [0, 0.1) is 11.8 Å². The highest BCUT2D eigenvalue weighted by Crippen LogP contribution is 2.34. The first-order chi connectivity index (χ1) is 8.88. The molecule has 1 fully saturated rings. The molecule has 0 bridgehead atoms. The van der Waals surface area contributed by atoms with Gasteiger partial charge in [0.05, 0.1) is 0 Å². The summed E-state index contributed by atoms with van der Waals surface area (Å²) in [6.45, 7) is 2.29. The lowest BCUT2D eigenvalue weighted by Crippen LogP contribution is -2.13. The van der Waals surface area contributed by atoms with Crippen LogP contribution in [0.15, 0.2) is 0 Å². The highest BCUT2D eigenvalue weighted by molar-refractivity contribution is 6.18. The van der Waals surface area contributed by atoms with Gasteiger partial charge in [-0.05, 0) is 18.3 Å². The molecule has 1 unspecified atom stereocenters. The molecule has 0 amide bonds. The largest absolute Gasteiger partial charge is 0.126 e. The van der Waals surface area contributed by atoms with Crippen LogP contribution in [0.25, 0.3) is 0 Å². The first-order valence-corrected chi connectivity index (χ1v) is 8.98. The van der Waals surface area contributed by atoms with Gasteiger partial charge < -0.3 is 0 Å². The van der Waals surface area contributed by atoms with Gasteiger partial charge in [-0.3, -0.25) is 0 Å². The molecule has 0 aromatic carbocycles. The van der Waals surface area contributed by atoms with Crippen molar-refractivity contribution in [2.24, 2.45) is 11.8 Å². The van der Waals surface area contributed by atoms with Crippen molar-refractivity contribution in [2.75, 3.05) is 5.88 Å². The maximum absolute atomic E-state index is 6.14. The van der Waals surface area contributed by atoms with Gasteiger partial charge in [-0.1, -0.05) is 84.0 Å². The van der Waals surface area contributed by atoms with E-state index in [1.807, 2.05) is 0 Å². The van der Waals surface area contributed by atoms with Crippen LogP contribution in [0.4, 0.5) is 0 Å². The van der Waals surface area contributed by atoms with E-state index in [0.717, 1.165) is 17.7 Å². The molecule has 1 aliphatic carbocycles. The van der Waals surface area contributed by atoms with Crippen molar-refractivity contribution < 1.29 is 0 Å². The summed E-state index contributed by atoms with van der Waals surface area (Å²) < 4.78 is 0. The maximum atomic E-state index is 6.14. The van der Waals surface area contributed by atoms with Crippen LogP contribution in [0.3, 0.4) is 0 Å². The van der Waals surface area contributed by atoms with E-state index in [-0.39, 0.29) is 0 Å². The highest BCUT2D eigenvalue weighted by atomic mass is 35.5. The number of unbranched alkanes of at least 4 members (excludes halogenated alkanes) is 7. The Bertz CT molecular complexity index is 172. The molecule has 0 saturated heterocycles. The van der Waals surface area contributed by atoms with Crippen LogP contribution in [0.2, 0.25) is 0 Å². The lowest BCUT2D eigenvalue weighted by atomic mass is 9.88. The van der Waals surface area contributed by atoms with Gasteiger partial charge in [0.1, 0.15) is 0 Å². The zero-order valence-corrected chi connectivity index (χ0v) is 13.2. The molecule has 18 heavy (non-hydrogen) atoms. The Morgan fingerprint density at radius 3 is 2.00 bits per heavy atom. The Hall–Kier alpha value is 0.290. The first kappa shape index (κ1) is 16.3. The van der Waals surface area contributed by atoms with Crippen LogP contribution in [-0.2, 0) is 0 Å². The van der Waals surface area contributed by atoms with Gasteiger partial charge in [0.2, 0.25) is 0 Å². The number of hydrogen-bond acceptors (Lipinski definition) is 0. The Kier molecular flexibility index (Phi) is 10.1. The predicted molar refractivity (Wildman–Crippen MR) is 83.4 cm³/mol. The molecule has 0 N–H and O–H groups in total. The van der Waals surface area contributed by atoms with Crippen molar-refractivity contribution in [3.05, 3.63) is 0 Å². The second-order valence-corrected chi connectivity index (χ2v) is 6.53. The minimum Gasteiger partial charge on any atom is -0.126 e. The van der Waals surface area contributed by atoms with Gasteiger partial charge >= 0.3 is 0 Å². The second kappa shape index (κ2) is 11.1. The summed E-state index contributed by atoms with van der Waals surface area (Å²) in [5, 5.41) is 0. The van der Waals surface area contributed by atoms with E-state index < -0.39 is 0 Å². The molecule has 108 valence electrons. The minimum absolute atomic E-state index is 0.828. The monoisotopic (exact) mass is 272 g/mol. The van der Waals surface area contributed by atoms with Gasteiger partial charge in [0.15, 0.2) is 0 Å². The van der Waals surface area contributed by atoms with Crippen LogP contribution < -0.4 is 0 Å². The third-order valence-electron chi connectivity index (χ3n) is 4.69. The normalized spacial score (nSPS) is 18.3. The fraction of sp³-hybridized carbons (Fsp3) is 1.00. The molecule has 0 aliphatic heterocycles. The van der Waals surface area contributed by atoms with Crippen molar-refractivity contribution in [3.8, 4) is 0 Å². The van der Waals surface area contributed by atoms with Crippen molar-refractivity contribution in [3.63, 3.8) is 0 Å². The summed E-state index contributed by atoms with van der Waals surface area (Å²) >= 11 is 6.14. The van der Waals surface area contributed by atoms with E-state index in [1.165, 1.54) is 83.5 Å². The fourth-order valence-corrected chi connectivity index (χ4v) is 3.81. The lowest BCUT2D eigenvalue weighted by Gasteiger charge is -2.20. The minimum atomic E-state index is 0.828. The summed E-state index contributed by atoms with van der Waals surface area (Å²) in [5.41, 5.74) is 0. The molecule has 1 saturated carbocycles. The molecule has 0 aromatic heterocycles. The third-order valence-corrected chi connectivity index (χ3v) is 5.09. The van der Waals surface area contributed by atoms with E-state index >= 15 is 0 Å². The topological polar surface area (TPSA) is 0 Å². The van der Waals surface area contributed by atoms with Gasteiger partial charge in [-0.15, -0.1) is 11.6 Å². The highest BCUT2D eigenvalue weighted by Gasteiger charge is 2.23. The summed E-state index contributed by atoms with van der Waals surface area (Å²) in [7, 11) is 0. The molecule has 1 heteroatoms. The van der Waals surface area contributed by atoms with E-state index in [0.29, 0.717) is 0 Å². The number of rotatable bonds is 11. The Morgan fingerprint density at radius 2 is 1.44 bits per heavy atom. The SMILES string of the molecule is CCCCCCCCCCC(CCl)C1CCCC1. The van der Waals surface area contributed by atoms with Gasteiger partial charge in [-0.2, -0.15) is 0 Å². The number of hydrogen-bond donors (Lipinski definition) is 0. The summed E-state index contributed by atoms with van der Waals surface area (Å²) in [5.74, 6) is 2.70. The average Bonchev–Trinajstić information content (AvgIpc) is 2.91. The van der Waals surface area contributed by atoms with E-state index in [2.05, 4.69) is 6.92 Å². The van der Waals surface area contributed by atoms with Crippen molar-refractivity contribution >= 4 is 11.6 Å². The summed E-state index contributed by atoms with van der Waals surface area (Å²) in [6.07, 6.45) is 18.6. The van der Waals surface area contributed by atoms with Gasteiger partial charge in [-0.25, -0.2) is 0 Å². The lowest BCUT2D eigenvalue weighted by molar-refractivity contribution is 0.337. The van der Waals surface area contributed by atoms with Crippen molar-refractivity contribution in [1.82, 2.24) is 0 Å². The van der Waals surface area contributed by atoms with Crippen molar-refractivity contribution in [2.45, 2.75) is 90.4 Å². The molecule has 0 aromatic rings. The second-order valence-electron chi connectivity index (χ2n) is 6.22. The quantitative estimate of drug-likeness (QED) is 0.295. The van der Waals surface area contributed by atoms with Crippen LogP contribution >= 0.6 is 11.6 Å². The van der Waals surface area contributed by atoms with E-state index in [4.69, 9.17) is 11.6 Å². The van der Waals surface area contributed by atoms with Gasteiger partial charge in [0, 0.05) is 5.88 Å². The Balaban J connectivity index is 1.92. The number of halogens is 1. The van der Waals surface area contributed by atoms with E-state index in [9.17, 15) is 0 Å². The summed E-state index contributed by atoms with van der Waals surface area (Å²) in [4.78, 5) is 0. The zero-order chi connectivity index (χ0) is 13.1. The van der Waals surface area contributed by atoms with Gasteiger partial charge in [0.25, 0.3) is 0 Å². The average molecular weight is 273 g/mol. The molecule has 0 spiro atoms. The third kappa shape index (κ3) is 7.02. The predicted octanol–water partition coefficient (Wildman–Crippen LogP) is 6.56. The van der Waals surface area contributed by atoms with Crippen LogP contribution in [0.5, 0.6) is 0 Å². The van der Waals surface area contributed by atoms with Crippen molar-refractivity contribution in [1.29, 1.82) is 0 Å². The molecular formula is C17H33Cl. The molecule has 0 nitrogen and oxygen atoms in total. The Labute approximate surface area is 120 Å². The first-order valence-electron chi connectivity index (χ1n) is 8.44. The smallest absolute Gasteiger partial charge is 0.0254 e. The standard InChI is InChI=1S/C17H33Cl/c1-2-3-4-5-6-7-8-9-14-17(15-18)16-12-10-11-13-16/h16-17H,2-15H2,1H3. The summed E-state index contributed by atoms with van der Waals surface area (Å²) in [6, 6.07) is 0.